The molecule has 2 aromatic rings. The van der Waals surface area contributed by atoms with Gasteiger partial charge >= 0.3 is 12.0 Å². The molecule has 7 rings (SSSR count). The van der Waals surface area contributed by atoms with Crippen LogP contribution < -0.4 is 10.7 Å². The summed E-state index contributed by atoms with van der Waals surface area (Å²) in [5.74, 6) is -1.40. The molecule has 0 radical (unpaired) electrons. The zero-order valence-electron chi connectivity index (χ0n) is 23.2. The van der Waals surface area contributed by atoms with Gasteiger partial charge in [-0.3, -0.25) is 0 Å². The van der Waals surface area contributed by atoms with Crippen molar-refractivity contribution < 1.29 is 38.0 Å². The minimum atomic E-state index is -0.905. The second kappa shape index (κ2) is 10.8. The molecular weight excluding hydrogens is 533 g/mol. The van der Waals surface area contributed by atoms with Gasteiger partial charge in [-0.15, -0.1) is 0 Å². The molecule has 8 atom stereocenters. The Morgan fingerprint density at radius 2 is 1.83 bits per heavy atom. The molecule has 4 saturated heterocycles. The third-order valence-electron chi connectivity index (χ3n) is 8.97. The SMILES string of the molecule is C[C@H]1[C@H](OC(=O)c2ccc(/C=N/NC(=O)Nc3ccccc3F)cc2)O[C@@H]2OC3(C)CC[C@H]4[C@H](C)CC[C@@H]1[C@@]24OO3. The van der Waals surface area contributed by atoms with Crippen LogP contribution in [0.1, 0.15) is 62.4 Å². The van der Waals surface area contributed by atoms with Crippen molar-refractivity contribution in [2.75, 3.05) is 5.32 Å². The number of amides is 2. The minimum absolute atomic E-state index is 0.0422. The first kappa shape index (κ1) is 27.8. The molecule has 41 heavy (non-hydrogen) atoms. The van der Waals surface area contributed by atoms with Crippen molar-refractivity contribution in [2.45, 2.75) is 70.4 Å². The predicted octanol–water partition coefficient (Wildman–Crippen LogP) is 5.35. The number of nitrogens with one attached hydrogen (secondary N) is 2. The lowest BCUT2D eigenvalue weighted by Gasteiger charge is -2.59. The van der Waals surface area contributed by atoms with Gasteiger partial charge in [-0.05, 0) is 67.9 Å². The van der Waals surface area contributed by atoms with Gasteiger partial charge in [0.1, 0.15) is 5.82 Å². The van der Waals surface area contributed by atoms with Crippen LogP contribution in [0.2, 0.25) is 0 Å². The van der Waals surface area contributed by atoms with Crippen LogP contribution in [0.3, 0.4) is 0 Å². The van der Waals surface area contributed by atoms with E-state index in [-0.39, 0.29) is 23.4 Å². The molecule has 1 spiro atoms. The van der Waals surface area contributed by atoms with Crippen molar-refractivity contribution in [3.63, 3.8) is 0 Å². The summed E-state index contributed by atoms with van der Waals surface area (Å²) in [6.07, 6.45) is 3.49. The fourth-order valence-corrected chi connectivity index (χ4v) is 6.76. The Balaban J connectivity index is 1.09. The fourth-order valence-electron chi connectivity index (χ4n) is 6.76. The number of carbonyl (C=O) groups is 2. The van der Waals surface area contributed by atoms with Gasteiger partial charge in [0.05, 0.1) is 17.5 Å². The highest BCUT2D eigenvalue weighted by Crippen LogP contribution is 2.60. The number of carbonyl (C=O) groups excluding carboxylic acids is 2. The fraction of sp³-hybridized carbons (Fsp3) is 0.500. The van der Waals surface area contributed by atoms with Crippen LogP contribution >= 0.6 is 0 Å². The highest BCUT2D eigenvalue weighted by atomic mass is 19.1. The van der Waals surface area contributed by atoms with E-state index in [1.54, 1.807) is 30.3 Å². The van der Waals surface area contributed by atoms with Gasteiger partial charge in [-0.25, -0.2) is 29.2 Å². The van der Waals surface area contributed by atoms with E-state index in [1.807, 2.05) is 13.8 Å². The van der Waals surface area contributed by atoms with E-state index in [4.69, 9.17) is 24.0 Å². The molecular formula is C30H34FN3O7. The number of hydrogen-bond donors (Lipinski definition) is 2. The topological polar surface area (TPSA) is 117 Å². The van der Waals surface area contributed by atoms with Gasteiger partial charge < -0.3 is 19.5 Å². The molecule has 5 fully saturated rings. The van der Waals surface area contributed by atoms with E-state index in [0.29, 0.717) is 23.5 Å². The Labute approximate surface area is 237 Å². The molecule has 218 valence electrons. The Kier molecular flexibility index (Phi) is 7.31. The number of halogens is 1. The van der Waals surface area contributed by atoms with Crippen molar-refractivity contribution >= 4 is 23.9 Å². The number of hydrazone groups is 1. The Morgan fingerprint density at radius 3 is 2.61 bits per heavy atom. The summed E-state index contributed by atoms with van der Waals surface area (Å²) in [7, 11) is 0. The van der Waals surface area contributed by atoms with Crippen molar-refractivity contribution in [1.29, 1.82) is 0 Å². The molecule has 1 aliphatic carbocycles. The van der Waals surface area contributed by atoms with E-state index in [0.717, 1.165) is 19.3 Å². The maximum atomic E-state index is 13.7. The summed E-state index contributed by atoms with van der Waals surface area (Å²) < 4.78 is 32.2. The summed E-state index contributed by atoms with van der Waals surface area (Å²) in [6.45, 7) is 6.13. The number of rotatable bonds is 5. The molecule has 11 heteroatoms. The standard InChI is InChI=1S/C30H34FN3O7/c1-17-8-13-22-18(2)26(38-27-30(22)21(17)14-15-29(3,39-27)40-41-30)37-25(35)20-11-9-19(10-12-20)16-32-34-28(36)33-24-7-5-4-6-23(24)31/h4-7,9-12,16-18,21-22,26-27H,8,13-15H2,1-3H3,(H2,33,34,36)/b32-16+/t17-,18-,21+,22+,26-,27-,29?,30-/m1/s1. The van der Waals surface area contributed by atoms with Crippen LogP contribution in [-0.2, 0) is 24.0 Å². The van der Waals surface area contributed by atoms with Gasteiger partial charge in [-0.2, -0.15) is 5.10 Å². The predicted molar refractivity (Wildman–Crippen MR) is 145 cm³/mol. The van der Waals surface area contributed by atoms with E-state index in [1.165, 1.54) is 24.4 Å². The van der Waals surface area contributed by atoms with Crippen molar-refractivity contribution in [2.24, 2.45) is 28.8 Å². The molecule has 5 aliphatic rings. The van der Waals surface area contributed by atoms with Crippen LogP contribution in [0, 0.1) is 29.5 Å². The second-order valence-corrected chi connectivity index (χ2v) is 11.6. The Bertz CT molecular complexity index is 1340. The minimum Gasteiger partial charge on any atom is -0.432 e. The van der Waals surface area contributed by atoms with Gasteiger partial charge in [0.2, 0.25) is 12.1 Å². The van der Waals surface area contributed by atoms with Crippen LogP contribution in [0.4, 0.5) is 14.9 Å². The molecule has 2 bridgehead atoms. The third kappa shape index (κ3) is 5.12. The van der Waals surface area contributed by atoms with Crippen LogP contribution in [-0.4, -0.2) is 42.2 Å². The first-order valence-corrected chi connectivity index (χ1v) is 14.0. The number of nitrogens with zero attached hydrogens (tertiary/aromatic N) is 1. The van der Waals surface area contributed by atoms with E-state index in [9.17, 15) is 14.0 Å². The van der Waals surface area contributed by atoms with Crippen LogP contribution in [0.5, 0.6) is 0 Å². The lowest BCUT2D eigenvalue weighted by atomic mass is 9.58. The van der Waals surface area contributed by atoms with Gasteiger partial charge in [0.25, 0.3) is 0 Å². The quantitative estimate of drug-likeness (QED) is 0.217. The maximum absolute atomic E-state index is 13.7. The monoisotopic (exact) mass is 567 g/mol. The number of hydrogen-bond acceptors (Lipinski definition) is 8. The molecule has 1 unspecified atom stereocenters. The van der Waals surface area contributed by atoms with Gasteiger partial charge in [0, 0.05) is 18.3 Å². The third-order valence-corrected chi connectivity index (χ3v) is 8.97. The molecule has 2 aromatic carbocycles. The van der Waals surface area contributed by atoms with Crippen molar-refractivity contribution in [3.05, 3.63) is 65.5 Å². The molecule has 1 saturated carbocycles. The van der Waals surface area contributed by atoms with Crippen LogP contribution in [0.25, 0.3) is 0 Å². The Hall–Kier alpha value is -3.38. The van der Waals surface area contributed by atoms with Crippen LogP contribution in [0.15, 0.2) is 53.6 Å². The summed E-state index contributed by atoms with van der Waals surface area (Å²) in [5.41, 5.74) is 2.57. The highest BCUT2D eigenvalue weighted by molar-refractivity contribution is 5.92. The smallest absolute Gasteiger partial charge is 0.340 e. The molecule has 0 aromatic heterocycles. The lowest BCUT2D eigenvalue weighted by molar-refractivity contribution is -0.576. The number of benzene rings is 2. The Morgan fingerprint density at radius 1 is 1.05 bits per heavy atom. The number of para-hydroxylation sites is 1. The van der Waals surface area contributed by atoms with E-state index >= 15 is 0 Å². The maximum Gasteiger partial charge on any atom is 0.340 e. The number of urea groups is 1. The molecule has 2 amide bonds. The van der Waals surface area contributed by atoms with Gasteiger partial charge in [-0.1, -0.05) is 38.1 Å². The number of fused-ring (bicyclic) bond motifs is 2. The van der Waals surface area contributed by atoms with Gasteiger partial charge in [0.15, 0.2) is 11.9 Å². The first-order valence-electron chi connectivity index (χ1n) is 14.0. The number of ether oxygens (including phenoxy) is 3. The molecule has 4 aliphatic heterocycles. The summed E-state index contributed by atoms with van der Waals surface area (Å²) in [5, 5.41) is 6.24. The normalized spacial score (nSPS) is 35.8. The average molecular weight is 568 g/mol. The van der Waals surface area contributed by atoms with Crippen molar-refractivity contribution in [3.8, 4) is 0 Å². The van der Waals surface area contributed by atoms with Crippen molar-refractivity contribution in [1.82, 2.24) is 5.43 Å². The highest BCUT2D eigenvalue weighted by Gasteiger charge is 2.69. The molecule has 2 N–H and O–H groups in total. The van der Waals surface area contributed by atoms with E-state index in [2.05, 4.69) is 22.8 Å². The summed E-state index contributed by atoms with van der Waals surface area (Å²) in [4.78, 5) is 37.1. The average Bonchev–Trinajstić information content (AvgIpc) is 3.19. The second-order valence-electron chi connectivity index (χ2n) is 11.6. The molecule has 4 heterocycles. The van der Waals surface area contributed by atoms with E-state index < -0.39 is 41.8 Å². The number of anilines is 1. The zero-order valence-corrected chi connectivity index (χ0v) is 23.2. The number of esters is 1. The zero-order chi connectivity index (χ0) is 28.8. The lowest BCUT2D eigenvalue weighted by Crippen LogP contribution is -2.70. The largest absolute Gasteiger partial charge is 0.432 e. The molecule has 10 nitrogen and oxygen atoms in total. The summed E-state index contributed by atoms with van der Waals surface area (Å²) >= 11 is 0. The first-order chi connectivity index (χ1) is 19.7. The summed E-state index contributed by atoms with van der Waals surface area (Å²) in [6, 6.07) is 11.7.